The number of unbranched alkanes of at least 4 members (excludes halogenated alkanes) is 3. The molecule has 6 aliphatic heterocycles. The number of halogens is 3. The van der Waals surface area contributed by atoms with E-state index in [0.717, 1.165) is 175 Å². The molecule has 0 radical (unpaired) electrons. The molecule has 6 saturated heterocycles. The number of aryl methyl sites for hydroxylation is 3. The summed E-state index contributed by atoms with van der Waals surface area (Å²) in [6.07, 6.45) is 42.4. The SMILES string of the molecule is CC1(F)CCC(C(=O)C[C@@H](CCN2[C@H]3CC[C@@H]2[C@@H](CN(CCCCN)C2CCCc4cccnc42)NC3)c2ccccc2)CC1.CC1(F)CCC(C(=O)C[C@H](CCN2[C@H]3CC[C@@H]2[C@@H](CN(CCCCN)C2CCCc4cccnc42)NC3)c2ccccc2)CC1.CC1(F)CCC(C(=O)C[C@H](CCN2[C@H]3CC[C@@H]2[C@H](CN(CCCCN)C2CCCc4cccnc42)NC3)c2ccccc2)CC1. The molecule has 0 amide bonds. The van der Waals surface area contributed by atoms with Crippen LogP contribution in [0.4, 0.5) is 13.2 Å². The maximum atomic E-state index is 14.5. The third kappa shape index (κ3) is 27.0. The molecule has 21 heteroatoms. The third-order valence-corrected chi connectivity index (χ3v) is 34.9. The summed E-state index contributed by atoms with van der Waals surface area (Å²) in [6.45, 7) is 19.8. The standard InChI is InChI=1S/3C38H56FN5O/c3*1-38(39)19-16-29(17-20-38)36(45)25-31(28-9-3-2-4-10-28)18-24-44-32-14-15-34(44)33(42-26-32)27-43(23-6-5-21-40)35-13-7-11-30-12-8-22-41-37(30)35/h3*2-4,8-10,12,22,29,31-35,42H,5-7,11,13-21,23-27,40H2,1H3/t29?,31-,32+,33-,34-,35?,38?;29?,31-,32-,33+,34+,35?,38?;29?,31-,32-,33-,34+,35?,38?/m100/s1. The van der Waals surface area contributed by atoms with Crippen molar-refractivity contribution in [1.82, 2.24) is 60.3 Å². The third-order valence-electron chi connectivity index (χ3n) is 34.9. The molecular weight excluding hydrogens is 1680 g/mol. The first-order chi connectivity index (χ1) is 65.7. The van der Waals surface area contributed by atoms with E-state index in [9.17, 15) is 27.6 Å². The van der Waals surface area contributed by atoms with E-state index >= 15 is 0 Å². The van der Waals surface area contributed by atoms with Crippen LogP contribution in [0.25, 0.3) is 0 Å². The summed E-state index contributed by atoms with van der Waals surface area (Å²) in [4.78, 5) is 71.9. The molecule has 6 aliphatic carbocycles. The number of piperazine rings is 3. The van der Waals surface area contributed by atoms with Gasteiger partial charge in [-0.25, -0.2) is 13.2 Å². The highest BCUT2D eigenvalue weighted by Gasteiger charge is 2.49. The largest absolute Gasteiger partial charge is 0.330 e. The van der Waals surface area contributed by atoms with E-state index in [1.165, 1.54) is 128 Å². The van der Waals surface area contributed by atoms with Gasteiger partial charge in [-0.05, 0) is 380 Å². The molecule has 6 aromatic rings. The molecule has 738 valence electrons. The first-order valence-corrected chi connectivity index (χ1v) is 54.2. The monoisotopic (exact) mass is 1850 g/mol. The van der Waals surface area contributed by atoms with Crippen molar-refractivity contribution in [3.05, 3.63) is 196 Å². The molecule has 12 aliphatic rings. The summed E-state index contributed by atoms with van der Waals surface area (Å²) >= 11 is 0. The van der Waals surface area contributed by atoms with Gasteiger partial charge >= 0.3 is 0 Å². The predicted molar refractivity (Wildman–Crippen MR) is 540 cm³/mol. The van der Waals surface area contributed by atoms with Gasteiger partial charge in [-0.2, -0.15) is 0 Å². The molecule has 9 N–H and O–H groups in total. The average Bonchev–Trinajstić information content (AvgIpc) is 1.67. The molecule has 135 heavy (non-hydrogen) atoms. The average molecular weight is 1850 g/mol. The van der Waals surface area contributed by atoms with Gasteiger partial charge in [-0.3, -0.25) is 58.7 Å². The minimum absolute atomic E-state index is 0.0180. The Kier molecular flexibility index (Phi) is 37.0. The first kappa shape index (κ1) is 101. The highest BCUT2D eigenvalue weighted by Crippen LogP contribution is 2.46. The Balaban J connectivity index is 0.000000147. The Labute approximate surface area is 808 Å². The predicted octanol–water partition coefficient (Wildman–Crippen LogP) is 19.1. The van der Waals surface area contributed by atoms with Crippen LogP contribution in [-0.4, -0.2) is 231 Å². The summed E-state index contributed by atoms with van der Waals surface area (Å²) in [7, 11) is 0. The Morgan fingerprint density at radius 3 is 0.911 bits per heavy atom. The first-order valence-electron chi connectivity index (χ1n) is 54.2. The van der Waals surface area contributed by atoms with Gasteiger partial charge in [0.15, 0.2) is 0 Å². The zero-order valence-corrected chi connectivity index (χ0v) is 82.5. The molecule has 6 bridgehead atoms. The summed E-state index contributed by atoms with van der Waals surface area (Å²) < 4.78 is 43.4. The molecule has 18 nitrogen and oxygen atoms in total. The van der Waals surface area contributed by atoms with E-state index in [1.54, 1.807) is 20.8 Å². The van der Waals surface area contributed by atoms with E-state index < -0.39 is 17.0 Å². The lowest BCUT2D eigenvalue weighted by atomic mass is 9.76. The molecule has 3 aromatic carbocycles. The number of alkyl halides is 3. The quantitative estimate of drug-likeness (QED) is 0.0196. The number of Topliss-reactive ketones (excluding diaryl/α,β-unsaturated/α-hetero) is 3. The number of ketones is 3. The molecule has 3 aromatic heterocycles. The Hall–Kier alpha value is -6.57. The van der Waals surface area contributed by atoms with Crippen LogP contribution >= 0.6 is 0 Å². The number of pyridine rings is 3. The van der Waals surface area contributed by atoms with Crippen molar-refractivity contribution < 1.29 is 27.6 Å². The van der Waals surface area contributed by atoms with Crippen molar-refractivity contribution in [3.63, 3.8) is 0 Å². The summed E-state index contributed by atoms with van der Waals surface area (Å²) in [5.41, 5.74) is 26.4. The van der Waals surface area contributed by atoms with Crippen molar-refractivity contribution in [2.75, 3.05) is 98.2 Å². The van der Waals surface area contributed by atoms with Gasteiger partial charge in [0.2, 0.25) is 0 Å². The number of carbonyl (C=O) groups is 3. The van der Waals surface area contributed by atoms with Crippen LogP contribution in [0.3, 0.4) is 0 Å². The van der Waals surface area contributed by atoms with Crippen molar-refractivity contribution >= 4 is 17.3 Å². The topological polar surface area (TPSA) is 223 Å². The normalized spacial score (nSPS) is 30.7. The Bertz CT molecular complexity index is 4140. The van der Waals surface area contributed by atoms with E-state index in [2.05, 4.69) is 173 Å². The number of benzene rings is 3. The minimum Gasteiger partial charge on any atom is -0.330 e. The Morgan fingerprint density at radius 2 is 0.644 bits per heavy atom. The van der Waals surface area contributed by atoms with Crippen LogP contribution in [0.15, 0.2) is 146 Å². The fourth-order valence-electron chi connectivity index (χ4n) is 26.9. The lowest BCUT2D eigenvalue weighted by Crippen LogP contribution is -2.61. The van der Waals surface area contributed by atoms with Crippen LogP contribution in [0.2, 0.25) is 0 Å². The molecule has 3 saturated carbocycles. The number of fused-ring (bicyclic) bond motifs is 9. The number of hydrogen-bond acceptors (Lipinski definition) is 18. The fraction of sp³-hybridized carbons (Fsp3) is 0.684. The van der Waals surface area contributed by atoms with Crippen molar-refractivity contribution in [2.45, 2.75) is 378 Å². The highest BCUT2D eigenvalue weighted by atomic mass is 19.2. The van der Waals surface area contributed by atoms with E-state index in [4.69, 9.17) is 32.2 Å². The van der Waals surface area contributed by atoms with E-state index in [1.807, 2.05) is 18.6 Å². The number of rotatable bonds is 42. The lowest BCUT2D eigenvalue weighted by molar-refractivity contribution is -0.126. The number of hydrogen-bond donors (Lipinski definition) is 6. The van der Waals surface area contributed by atoms with Crippen LogP contribution in [-0.2, 0) is 33.6 Å². The molecule has 0 spiro atoms. The van der Waals surface area contributed by atoms with Crippen LogP contribution < -0.4 is 33.2 Å². The second-order valence-corrected chi connectivity index (χ2v) is 44.3. The van der Waals surface area contributed by atoms with Crippen molar-refractivity contribution in [1.29, 1.82) is 0 Å². The lowest BCUT2D eigenvalue weighted by Gasteiger charge is -2.45. The van der Waals surface area contributed by atoms with Gasteiger partial charge in [-0.1, -0.05) is 109 Å². The van der Waals surface area contributed by atoms with Crippen molar-refractivity contribution in [2.24, 2.45) is 35.0 Å². The van der Waals surface area contributed by atoms with Gasteiger partial charge < -0.3 is 33.2 Å². The van der Waals surface area contributed by atoms with Crippen molar-refractivity contribution in [3.8, 4) is 0 Å². The van der Waals surface area contributed by atoms with Crippen LogP contribution in [0, 0.1) is 17.8 Å². The van der Waals surface area contributed by atoms with E-state index in [-0.39, 0.29) is 35.5 Å². The minimum atomic E-state index is -1.11. The number of nitrogens with one attached hydrogen (secondary N) is 3. The van der Waals surface area contributed by atoms with Crippen LogP contribution in [0.1, 0.15) is 338 Å². The van der Waals surface area contributed by atoms with Gasteiger partial charge in [0.05, 0.1) is 35.2 Å². The Morgan fingerprint density at radius 1 is 0.370 bits per heavy atom. The highest BCUT2D eigenvalue weighted by molar-refractivity contribution is 5.83. The van der Waals surface area contributed by atoms with Gasteiger partial charge in [-0.15, -0.1) is 0 Å². The summed E-state index contributed by atoms with van der Waals surface area (Å²) in [6, 6.07) is 50.7. The second kappa shape index (κ2) is 49.2. The van der Waals surface area contributed by atoms with Gasteiger partial charge in [0, 0.05) is 149 Å². The zero-order chi connectivity index (χ0) is 93.7. The van der Waals surface area contributed by atoms with Crippen LogP contribution in [0.5, 0.6) is 0 Å². The number of carbonyl (C=O) groups excluding carboxylic acids is 3. The second-order valence-electron chi connectivity index (χ2n) is 44.3. The zero-order valence-electron chi connectivity index (χ0n) is 82.5. The summed E-state index contributed by atoms with van der Waals surface area (Å²) in [5.74, 6) is 1.71. The fourth-order valence-corrected chi connectivity index (χ4v) is 26.9. The number of nitrogens with two attached hydrogens (primary N) is 3. The molecule has 9 heterocycles. The smallest absolute Gasteiger partial charge is 0.136 e. The molecule has 15 atom stereocenters. The number of aromatic nitrogens is 3. The molecule has 9 fully saturated rings. The molecular formula is C114H168F3N15O3. The number of nitrogens with zero attached hydrogens (tertiary/aromatic N) is 9. The van der Waals surface area contributed by atoms with Gasteiger partial charge in [0.1, 0.15) is 34.4 Å². The molecule has 18 rings (SSSR count). The molecule has 3 unspecified atom stereocenters. The van der Waals surface area contributed by atoms with E-state index in [0.29, 0.717) is 186 Å². The maximum absolute atomic E-state index is 14.5. The maximum Gasteiger partial charge on any atom is 0.136 e. The van der Waals surface area contributed by atoms with Gasteiger partial charge in [0.25, 0.3) is 0 Å². The summed E-state index contributed by atoms with van der Waals surface area (Å²) in [5, 5.41) is 11.9.